The van der Waals surface area contributed by atoms with Crippen LogP contribution in [0.3, 0.4) is 0 Å². The van der Waals surface area contributed by atoms with Gasteiger partial charge in [-0.25, -0.2) is 0 Å². The Balaban J connectivity index is 0.000000263. The van der Waals surface area contributed by atoms with Gasteiger partial charge in [-0.05, 0) is 53.4 Å². The highest BCUT2D eigenvalue weighted by Gasteiger charge is 2.24. The maximum Gasteiger partial charge on any atom is 0.320 e. The van der Waals surface area contributed by atoms with Crippen molar-refractivity contribution in [2.75, 3.05) is 73.1 Å². The number of nitrogens with zero attached hydrogens (tertiary/aromatic N) is 3. The third-order valence-electron chi connectivity index (χ3n) is 4.75. The monoisotopic (exact) mass is 371 g/mol. The van der Waals surface area contributed by atoms with Gasteiger partial charge in [-0.15, -0.1) is 0 Å². The van der Waals surface area contributed by atoms with Crippen LogP contribution in [0.1, 0.15) is 33.1 Å². The molecule has 2 rings (SSSR count). The molecule has 0 N–H and O–H groups in total. The topological polar surface area (TPSA) is 62.3 Å². The molecule has 26 heavy (non-hydrogen) atoms. The maximum atomic E-state index is 11.3. The van der Waals surface area contributed by atoms with Gasteiger partial charge in [-0.1, -0.05) is 6.92 Å². The molecule has 0 bridgehead atoms. The number of piperidine rings is 1. The van der Waals surface area contributed by atoms with Crippen LogP contribution in [0.4, 0.5) is 0 Å². The van der Waals surface area contributed by atoms with Gasteiger partial charge >= 0.3 is 11.9 Å². The minimum atomic E-state index is -0.0867. The summed E-state index contributed by atoms with van der Waals surface area (Å²) in [5.41, 5.74) is 0. The molecule has 0 spiro atoms. The molecule has 2 saturated heterocycles. The average molecular weight is 372 g/mol. The fourth-order valence-corrected chi connectivity index (χ4v) is 2.95. The summed E-state index contributed by atoms with van der Waals surface area (Å²) >= 11 is 0. The SMILES string of the molecule is CCCOC(=O)CN1CCN(C)CC1.CCOC(=O)C1CCN(C)CC1. The molecule has 7 heteroatoms. The number of ether oxygens (including phenoxy) is 2. The number of likely N-dealkylation sites (N-methyl/N-ethyl adjacent to an activating group) is 1. The van der Waals surface area contributed by atoms with E-state index >= 15 is 0 Å². The zero-order valence-corrected chi connectivity index (χ0v) is 17.0. The van der Waals surface area contributed by atoms with Gasteiger partial charge < -0.3 is 19.3 Å². The lowest BCUT2D eigenvalue weighted by atomic mass is 9.97. The fourth-order valence-electron chi connectivity index (χ4n) is 2.95. The minimum Gasteiger partial charge on any atom is -0.466 e. The number of esters is 2. The van der Waals surface area contributed by atoms with Crippen LogP contribution in [-0.2, 0) is 19.1 Å². The predicted octanol–water partition coefficient (Wildman–Crippen LogP) is 1.08. The van der Waals surface area contributed by atoms with Crippen LogP contribution < -0.4 is 0 Å². The Bertz CT molecular complexity index is 404. The fraction of sp³-hybridized carbons (Fsp3) is 0.895. The van der Waals surface area contributed by atoms with E-state index in [1.54, 1.807) is 0 Å². The zero-order valence-electron chi connectivity index (χ0n) is 17.0. The van der Waals surface area contributed by atoms with Crippen molar-refractivity contribution in [3.63, 3.8) is 0 Å². The van der Waals surface area contributed by atoms with Gasteiger partial charge in [0.25, 0.3) is 0 Å². The van der Waals surface area contributed by atoms with E-state index < -0.39 is 0 Å². The van der Waals surface area contributed by atoms with E-state index in [1.165, 1.54) is 0 Å². The Morgan fingerprint density at radius 2 is 1.46 bits per heavy atom. The first-order valence-corrected chi connectivity index (χ1v) is 9.87. The summed E-state index contributed by atoms with van der Waals surface area (Å²) in [6.45, 7) is 11.4. The van der Waals surface area contributed by atoms with E-state index in [1.807, 2.05) is 13.8 Å². The van der Waals surface area contributed by atoms with Crippen LogP contribution in [0.15, 0.2) is 0 Å². The highest BCUT2D eigenvalue weighted by Crippen LogP contribution is 2.17. The number of carbonyl (C=O) groups is 2. The van der Waals surface area contributed by atoms with Crippen LogP contribution in [-0.4, -0.2) is 99.8 Å². The first-order chi connectivity index (χ1) is 12.5. The quantitative estimate of drug-likeness (QED) is 0.648. The minimum absolute atomic E-state index is 0.00870. The molecule has 0 aromatic rings. The summed E-state index contributed by atoms with van der Waals surface area (Å²) in [6.07, 6.45) is 2.80. The molecule has 0 unspecified atom stereocenters. The van der Waals surface area contributed by atoms with E-state index in [0.29, 0.717) is 19.8 Å². The number of hydrogen-bond acceptors (Lipinski definition) is 7. The lowest BCUT2D eigenvalue weighted by Gasteiger charge is -2.31. The molecule has 0 radical (unpaired) electrons. The van der Waals surface area contributed by atoms with Crippen LogP contribution in [0.2, 0.25) is 0 Å². The van der Waals surface area contributed by atoms with Crippen molar-refractivity contribution < 1.29 is 19.1 Å². The second-order valence-electron chi connectivity index (χ2n) is 7.13. The van der Waals surface area contributed by atoms with Crippen molar-refractivity contribution in [2.45, 2.75) is 33.1 Å². The van der Waals surface area contributed by atoms with Crippen LogP contribution in [0, 0.1) is 5.92 Å². The zero-order chi connectivity index (χ0) is 19.4. The molecule has 7 nitrogen and oxygen atoms in total. The van der Waals surface area contributed by atoms with Crippen molar-refractivity contribution in [1.29, 1.82) is 0 Å². The molecule has 0 saturated carbocycles. The highest BCUT2D eigenvalue weighted by atomic mass is 16.5. The Labute approximate surface area is 158 Å². The van der Waals surface area contributed by atoms with E-state index in [-0.39, 0.29) is 17.9 Å². The first kappa shape index (κ1) is 22.9. The largest absolute Gasteiger partial charge is 0.466 e. The lowest BCUT2D eigenvalue weighted by molar-refractivity contribution is -0.149. The van der Waals surface area contributed by atoms with Crippen molar-refractivity contribution in [3.8, 4) is 0 Å². The number of rotatable bonds is 6. The molecular formula is C19H37N3O4. The van der Waals surface area contributed by atoms with Gasteiger partial charge in [0.2, 0.25) is 0 Å². The van der Waals surface area contributed by atoms with Gasteiger partial charge in [0.05, 0.1) is 25.7 Å². The van der Waals surface area contributed by atoms with Crippen molar-refractivity contribution in [3.05, 3.63) is 0 Å². The Morgan fingerprint density at radius 1 is 0.885 bits per heavy atom. The van der Waals surface area contributed by atoms with Crippen molar-refractivity contribution in [1.82, 2.24) is 14.7 Å². The summed E-state index contributed by atoms with van der Waals surface area (Å²) in [5, 5.41) is 0. The van der Waals surface area contributed by atoms with Crippen molar-refractivity contribution >= 4 is 11.9 Å². The summed E-state index contributed by atoms with van der Waals surface area (Å²) in [5.74, 6) is 0.0585. The number of likely N-dealkylation sites (tertiary alicyclic amines) is 1. The first-order valence-electron chi connectivity index (χ1n) is 9.87. The second-order valence-corrected chi connectivity index (χ2v) is 7.13. The molecule has 2 aliphatic heterocycles. The van der Waals surface area contributed by atoms with Gasteiger partial charge in [0.15, 0.2) is 0 Å². The van der Waals surface area contributed by atoms with Gasteiger partial charge in [0.1, 0.15) is 0 Å². The van der Waals surface area contributed by atoms with Gasteiger partial charge in [-0.3, -0.25) is 14.5 Å². The normalized spacial score (nSPS) is 20.2. The van der Waals surface area contributed by atoms with E-state index in [4.69, 9.17) is 9.47 Å². The summed E-state index contributed by atoms with van der Waals surface area (Å²) in [4.78, 5) is 29.2. The summed E-state index contributed by atoms with van der Waals surface area (Å²) in [7, 11) is 4.19. The number of hydrogen-bond donors (Lipinski definition) is 0. The molecular weight excluding hydrogens is 334 g/mol. The van der Waals surface area contributed by atoms with E-state index in [2.05, 4.69) is 28.8 Å². The molecule has 0 atom stereocenters. The Hall–Kier alpha value is -1.18. The van der Waals surface area contributed by atoms with Gasteiger partial charge in [-0.2, -0.15) is 0 Å². The van der Waals surface area contributed by atoms with E-state index in [0.717, 1.165) is 58.5 Å². The third-order valence-corrected chi connectivity index (χ3v) is 4.75. The van der Waals surface area contributed by atoms with Gasteiger partial charge in [0, 0.05) is 26.2 Å². The molecule has 2 fully saturated rings. The summed E-state index contributed by atoms with van der Waals surface area (Å²) in [6, 6.07) is 0. The highest BCUT2D eigenvalue weighted by molar-refractivity contribution is 5.72. The Kier molecular flexibility index (Phi) is 11.5. The molecule has 0 aromatic carbocycles. The Morgan fingerprint density at radius 3 is 2.00 bits per heavy atom. The molecule has 2 aliphatic rings. The molecule has 152 valence electrons. The smallest absolute Gasteiger partial charge is 0.320 e. The molecule has 2 heterocycles. The lowest BCUT2D eigenvalue weighted by Crippen LogP contribution is -2.46. The van der Waals surface area contributed by atoms with Crippen LogP contribution in [0.25, 0.3) is 0 Å². The van der Waals surface area contributed by atoms with Crippen molar-refractivity contribution in [2.24, 2.45) is 5.92 Å². The van der Waals surface area contributed by atoms with Crippen LogP contribution >= 0.6 is 0 Å². The molecule has 0 aliphatic carbocycles. The molecule has 0 amide bonds. The van der Waals surface area contributed by atoms with E-state index in [9.17, 15) is 9.59 Å². The predicted molar refractivity (Wildman–Crippen MR) is 102 cm³/mol. The van der Waals surface area contributed by atoms with Crippen LogP contribution in [0.5, 0.6) is 0 Å². The molecule has 0 aromatic heterocycles. The summed E-state index contributed by atoms with van der Waals surface area (Å²) < 4.78 is 9.99. The maximum absolute atomic E-state index is 11.3. The number of carbonyl (C=O) groups excluding carboxylic acids is 2. The second kappa shape index (κ2) is 13.1. The standard InChI is InChI=1S/C10H20N2O2.C9H17NO2/c1-3-8-14-10(13)9-12-6-4-11(2)5-7-12;1-3-12-9(11)8-4-6-10(2)7-5-8/h3-9H2,1-2H3;8H,3-7H2,1-2H3. The third kappa shape index (κ3) is 9.50. The number of piperazine rings is 1. The average Bonchev–Trinajstić information content (AvgIpc) is 2.63.